The summed E-state index contributed by atoms with van der Waals surface area (Å²) >= 11 is 5.87. The van der Waals surface area contributed by atoms with Crippen LogP contribution in [0.15, 0.2) is 24.3 Å². The fourth-order valence-corrected chi connectivity index (χ4v) is 3.08. The number of nitrogens with zero attached hydrogens (tertiary/aromatic N) is 1. The topological polar surface area (TPSA) is 84.7 Å². The van der Waals surface area contributed by atoms with E-state index in [-0.39, 0.29) is 24.2 Å². The molecule has 6 nitrogen and oxygen atoms in total. The van der Waals surface area contributed by atoms with Gasteiger partial charge in [0.15, 0.2) is 0 Å². The highest BCUT2D eigenvalue weighted by Gasteiger charge is 2.40. The number of anilines is 1. The first-order valence-corrected chi connectivity index (χ1v) is 8.12. The Morgan fingerprint density at radius 1 is 1.29 bits per heavy atom. The highest BCUT2D eigenvalue weighted by Crippen LogP contribution is 2.24. The van der Waals surface area contributed by atoms with Gasteiger partial charge in [-0.15, -0.1) is 12.4 Å². The van der Waals surface area contributed by atoms with E-state index in [0.29, 0.717) is 44.0 Å². The smallest absolute Gasteiger partial charge is 0.249 e. The molecule has 24 heavy (non-hydrogen) atoms. The Labute approximate surface area is 152 Å². The molecule has 0 spiro atoms. The SMILES string of the molecule is Cl.NC1(C(=O)NC2CCN(c3ccc(Cl)cc3)C2=O)CCOCC1. The van der Waals surface area contributed by atoms with Gasteiger partial charge in [-0.2, -0.15) is 0 Å². The first-order chi connectivity index (χ1) is 11.0. The van der Waals surface area contributed by atoms with E-state index in [2.05, 4.69) is 5.32 Å². The number of benzene rings is 1. The number of hydrogen-bond acceptors (Lipinski definition) is 4. The van der Waals surface area contributed by atoms with Crippen LogP contribution >= 0.6 is 24.0 Å². The van der Waals surface area contributed by atoms with Gasteiger partial charge in [-0.1, -0.05) is 11.6 Å². The first kappa shape index (κ1) is 19.0. The Hall–Kier alpha value is -1.34. The summed E-state index contributed by atoms with van der Waals surface area (Å²) in [7, 11) is 0. The summed E-state index contributed by atoms with van der Waals surface area (Å²) in [6.45, 7) is 1.50. The summed E-state index contributed by atoms with van der Waals surface area (Å²) in [5, 5.41) is 3.43. The van der Waals surface area contributed by atoms with Crippen molar-refractivity contribution in [2.45, 2.75) is 30.8 Å². The molecule has 2 aliphatic heterocycles. The van der Waals surface area contributed by atoms with Crippen LogP contribution in [0, 0.1) is 0 Å². The Bertz CT molecular complexity index is 603. The molecule has 132 valence electrons. The van der Waals surface area contributed by atoms with E-state index in [9.17, 15) is 9.59 Å². The van der Waals surface area contributed by atoms with Gasteiger partial charge in [0.05, 0.1) is 5.54 Å². The number of hydrogen-bond donors (Lipinski definition) is 2. The van der Waals surface area contributed by atoms with Gasteiger partial charge in [-0.25, -0.2) is 0 Å². The number of rotatable bonds is 3. The molecular formula is C16H21Cl2N3O3. The van der Waals surface area contributed by atoms with Crippen LogP contribution in [-0.2, 0) is 14.3 Å². The number of nitrogens with one attached hydrogen (secondary N) is 1. The van der Waals surface area contributed by atoms with E-state index in [0.717, 1.165) is 5.69 Å². The van der Waals surface area contributed by atoms with Gasteiger partial charge < -0.3 is 20.7 Å². The Kier molecular flexibility index (Phi) is 6.09. The molecule has 0 aromatic heterocycles. The summed E-state index contributed by atoms with van der Waals surface area (Å²) < 4.78 is 5.24. The predicted molar refractivity (Wildman–Crippen MR) is 94.6 cm³/mol. The van der Waals surface area contributed by atoms with Gasteiger partial charge in [0.2, 0.25) is 11.8 Å². The van der Waals surface area contributed by atoms with Crippen molar-refractivity contribution in [3.8, 4) is 0 Å². The number of halogens is 2. The van der Waals surface area contributed by atoms with E-state index >= 15 is 0 Å². The van der Waals surface area contributed by atoms with Crippen molar-refractivity contribution in [2.24, 2.45) is 5.73 Å². The minimum atomic E-state index is -0.938. The molecule has 1 aromatic carbocycles. The molecule has 3 N–H and O–H groups in total. The molecule has 8 heteroatoms. The van der Waals surface area contributed by atoms with Crippen molar-refractivity contribution in [3.05, 3.63) is 29.3 Å². The van der Waals surface area contributed by atoms with Crippen molar-refractivity contribution in [1.82, 2.24) is 5.32 Å². The average molecular weight is 374 g/mol. The molecule has 2 saturated heterocycles. The Balaban J connectivity index is 0.00000208. The van der Waals surface area contributed by atoms with Crippen LogP contribution < -0.4 is 16.0 Å². The van der Waals surface area contributed by atoms with Crippen molar-refractivity contribution < 1.29 is 14.3 Å². The van der Waals surface area contributed by atoms with Gasteiger partial charge in [0, 0.05) is 30.5 Å². The van der Waals surface area contributed by atoms with Crippen LogP contribution in [0.4, 0.5) is 5.69 Å². The van der Waals surface area contributed by atoms with Crippen molar-refractivity contribution in [1.29, 1.82) is 0 Å². The van der Waals surface area contributed by atoms with Gasteiger partial charge in [0.25, 0.3) is 0 Å². The Morgan fingerprint density at radius 3 is 2.54 bits per heavy atom. The second-order valence-electron chi connectivity index (χ2n) is 6.05. The number of ether oxygens (including phenoxy) is 1. The molecule has 2 amide bonds. The molecule has 0 aliphatic carbocycles. The number of carbonyl (C=O) groups excluding carboxylic acids is 2. The monoisotopic (exact) mass is 373 g/mol. The van der Waals surface area contributed by atoms with Crippen LogP contribution in [0.2, 0.25) is 5.02 Å². The zero-order valence-corrected chi connectivity index (χ0v) is 14.7. The average Bonchev–Trinajstić information content (AvgIpc) is 2.90. The quantitative estimate of drug-likeness (QED) is 0.840. The predicted octanol–water partition coefficient (Wildman–Crippen LogP) is 1.49. The normalized spacial score (nSPS) is 22.8. The third-order valence-corrected chi connectivity index (χ3v) is 4.74. The minimum Gasteiger partial charge on any atom is -0.381 e. The molecule has 0 bridgehead atoms. The maximum atomic E-state index is 12.5. The Morgan fingerprint density at radius 2 is 1.92 bits per heavy atom. The molecular weight excluding hydrogens is 353 g/mol. The molecule has 2 heterocycles. The van der Waals surface area contributed by atoms with E-state index in [1.54, 1.807) is 29.2 Å². The highest BCUT2D eigenvalue weighted by molar-refractivity contribution is 6.30. The third-order valence-electron chi connectivity index (χ3n) is 4.49. The van der Waals surface area contributed by atoms with E-state index in [1.807, 2.05) is 0 Å². The lowest BCUT2D eigenvalue weighted by molar-refractivity contribution is -0.132. The fraction of sp³-hybridized carbons (Fsp3) is 0.500. The molecule has 3 rings (SSSR count). The fourth-order valence-electron chi connectivity index (χ4n) is 2.96. The molecule has 0 saturated carbocycles. The molecule has 1 unspecified atom stereocenters. The van der Waals surface area contributed by atoms with Gasteiger partial charge in [0.1, 0.15) is 6.04 Å². The summed E-state index contributed by atoms with van der Waals surface area (Å²) in [6.07, 6.45) is 1.51. The maximum absolute atomic E-state index is 12.5. The van der Waals surface area contributed by atoms with Crippen LogP contribution in [0.25, 0.3) is 0 Å². The lowest BCUT2D eigenvalue weighted by Crippen LogP contribution is -2.59. The van der Waals surface area contributed by atoms with Crippen LogP contribution in [-0.4, -0.2) is 43.2 Å². The van der Waals surface area contributed by atoms with E-state index in [4.69, 9.17) is 22.1 Å². The summed E-state index contributed by atoms with van der Waals surface area (Å²) in [5.74, 6) is -0.381. The zero-order valence-electron chi connectivity index (χ0n) is 13.2. The molecule has 2 fully saturated rings. The lowest BCUT2D eigenvalue weighted by Gasteiger charge is -2.32. The summed E-state index contributed by atoms with van der Waals surface area (Å²) in [4.78, 5) is 26.6. The first-order valence-electron chi connectivity index (χ1n) is 7.74. The van der Waals surface area contributed by atoms with Crippen LogP contribution in [0.1, 0.15) is 19.3 Å². The molecule has 0 radical (unpaired) electrons. The van der Waals surface area contributed by atoms with Crippen molar-refractivity contribution in [3.63, 3.8) is 0 Å². The second-order valence-corrected chi connectivity index (χ2v) is 6.49. The molecule has 1 aromatic rings. The van der Waals surface area contributed by atoms with Gasteiger partial charge in [-0.05, 0) is 43.5 Å². The van der Waals surface area contributed by atoms with Gasteiger partial charge in [-0.3, -0.25) is 9.59 Å². The zero-order chi connectivity index (χ0) is 16.4. The second kappa shape index (κ2) is 7.70. The molecule has 2 aliphatic rings. The van der Waals surface area contributed by atoms with Crippen molar-refractivity contribution in [2.75, 3.05) is 24.7 Å². The third kappa shape index (κ3) is 3.83. The number of carbonyl (C=O) groups is 2. The van der Waals surface area contributed by atoms with Crippen LogP contribution in [0.5, 0.6) is 0 Å². The van der Waals surface area contributed by atoms with Crippen molar-refractivity contribution >= 4 is 41.5 Å². The number of nitrogens with two attached hydrogens (primary N) is 1. The van der Waals surface area contributed by atoms with E-state index < -0.39 is 11.6 Å². The standard InChI is InChI=1S/C16H20ClN3O3.ClH/c17-11-1-3-12(4-2-11)20-8-5-13(14(20)21)19-15(22)16(18)6-9-23-10-7-16;/h1-4,13H,5-10,18H2,(H,19,22);1H. The highest BCUT2D eigenvalue weighted by atomic mass is 35.5. The van der Waals surface area contributed by atoms with Gasteiger partial charge >= 0.3 is 0 Å². The minimum absolute atomic E-state index is 0. The lowest BCUT2D eigenvalue weighted by atomic mass is 9.90. The summed E-state index contributed by atoms with van der Waals surface area (Å²) in [5.41, 5.74) is 6.00. The number of amides is 2. The maximum Gasteiger partial charge on any atom is 0.249 e. The molecule has 1 atom stereocenters. The van der Waals surface area contributed by atoms with E-state index in [1.165, 1.54) is 0 Å². The van der Waals surface area contributed by atoms with Crippen LogP contribution in [0.3, 0.4) is 0 Å². The largest absolute Gasteiger partial charge is 0.381 e. The summed E-state index contributed by atoms with van der Waals surface area (Å²) in [6, 6.07) is 6.56.